The van der Waals surface area contributed by atoms with Gasteiger partial charge >= 0.3 is 0 Å². The lowest BCUT2D eigenvalue weighted by molar-refractivity contribution is -0.112. The number of hydrogen-bond acceptors (Lipinski definition) is 4. The highest BCUT2D eigenvalue weighted by Gasteiger charge is 2.29. The molecule has 1 fully saturated rings. The van der Waals surface area contributed by atoms with E-state index >= 15 is 0 Å². The predicted molar refractivity (Wildman–Crippen MR) is 81.3 cm³/mol. The molecule has 3 rings (SSSR count). The van der Waals surface area contributed by atoms with Crippen LogP contribution in [0.5, 0.6) is 0 Å². The Hall–Kier alpha value is -1.01. The van der Waals surface area contributed by atoms with Gasteiger partial charge in [-0.2, -0.15) is 11.8 Å². The van der Waals surface area contributed by atoms with Gasteiger partial charge in [-0.15, -0.1) is 0 Å². The fourth-order valence-electron chi connectivity index (χ4n) is 2.38. The first-order chi connectivity index (χ1) is 9.16. The molecule has 0 atom stereocenters. The van der Waals surface area contributed by atoms with Crippen molar-refractivity contribution in [1.82, 2.24) is 0 Å². The number of ketones is 1. The first kappa shape index (κ1) is 13.0. The van der Waals surface area contributed by atoms with Gasteiger partial charge in [-0.3, -0.25) is 9.59 Å². The van der Waals surface area contributed by atoms with Crippen molar-refractivity contribution < 1.29 is 9.59 Å². The topological polar surface area (TPSA) is 49.4 Å². The second-order valence-electron chi connectivity index (χ2n) is 4.59. The van der Waals surface area contributed by atoms with Crippen molar-refractivity contribution in [2.75, 3.05) is 34.8 Å². The molecule has 100 valence electrons. The van der Waals surface area contributed by atoms with Crippen molar-refractivity contribution in [2.45, 2.75) is 6.42 Å². The molecule has 2 heterocycles. The summed E-state index contributed by atoms with van der Waals surface area (Å²) in [4.78, 5) is 25.3. The molecule has 1 aromatic carbocycles. The fourth-order valence-corrected chi connectivity index (χ4v) is 3.86. The van der Waals surface area contributed by atoms with E-state index in [1.54, 1.807) is 6.07 Å². The quantitative estimate of drug-likeness (QED) is 0.798. The second-order valence-corrected chi connectivity index (χ2v) is 6.66. The second kappa shape index (κ2) is 5.17. The van der Waals surface area contributed by atoms with Gasteiger partial charge < -0.3 is 10.2 Å². The molecular formula is C13H13BrN2O2S. The monoisotopic (exact) mass is 340 g/mol. The zero-order valence-corrected chi connectivity index (χ0v) is 12.6. The Morgan fingerprint density at radius 2 is 2.05 bits per heavy atom. The molecule has 0 radical (unpaired) electrons. The Balaban J connectivity index is 1.97. The number of thioether (sulfide) groups is 1. The maximum Gasteiger partial charge on any atom is 0.296 e. The fraction of sp³-hybridized carbons (Fsp3) is 0.385. The highest BCUT2D eigenvalue weighted by Crippen LogP contribution is 2.36. The van der Waals surface area contributed by atoms with Crippen molar-refractivity contribution in [3.05, 3.63) is 22.2 Å². The molecule has 0 unspecified atom stereocenters. The van der Waals surface area contributed by atoms with Crippen LogP contribution in [0.1, 0.15) is 16.8 Å². The Kier molecular flexibility index (Phi) is 3.54. The number of Topliss-reactive ketones (excluding diaryl/α,β-unsaturated/α-hetero) is 1. The number of anilines is 2. The van der Waals surface area contributed by atoms with Crippen LogP contribution in [-0.4, -0.2) is 36.3 Å². The largest absolute Gasteiger partial charge is 0.370 e. The Bertz CT molecular complexity index is 554. The van der Waals surface area contributed by atoms with Crippen LogP contribution in [0, 0.1) is 0 Å². The maximum absolute atomic E-state index is 11.6. The molecule has 1 amide bonds. The first-order valence-corrected chi connectivity index (χ1v) is 8.13. The summed E-state index contributed by atoms with van der Waals surface area (Å²) < 4.78 is 0.878. The van der Waals surface area contributed by atoms with Gasteiger partial charge in [0, 0.05) is 23.3 Å². The number of nitrogens with zero attached hydrogens (tertiary/aromatic N) is 1. The molecule has 0 spiro atoms. The van der Waals surface area contributed by atoms with Crippen LogP contribution in [0.15, 0.2) is 16.6 Å². The molecule has 2 aliphatic heterocycles. The molecule has 1 N–H and O–H groups in total. The Labute approximate surface area is 124 Å². The van der Waals surface area contributed by atoms with Gasteiger partial charge in [-0.1, -0.05) is 0 Å². The molecule has 6 heteroatoms. The molecule has 0 aliphatic carbocycles. The van der Waals surface area contributed by atoms with Gasteiger partial charge in [-0.05, 0) is 40.2 Å². The maximum atomic E-state index is 11.6. The SMILES string of the molecule is O=C1Nc2cc(N3CCCSCC3)c(Br)cc2C1=O. The Morgan fingerprint density at radius 3 is 2.89 bits per heavy atom. The van der Waals surface area contributed by atoms with E-state index in [2.05, 4.69) is 26.1 Å². The van der Waals surface area contributed by atoms with Gasteiger partial charge in [0.2, 0.25) is 0 Å². The smallest absolute Gasteiger partial charge is 0.296 e. The van der Waals surface area contributed by atoms with Crippen LogP contribution in [0.25, 0.3) is 0 Å². The van der Waals surface area contributed by atoms with E-state index in [1.165, 1.54) is 5.75 Å². The van der Waals surface area contributed by atoms with Crippen LogP contribution in [0.2, 0.25) is 0 Å². The Morgan fingerprint density at radius 1 is 1.21 bits per heavy atom. The zero-order chi connectivity index (χ0) is 13.4. The summed E-state index contributed by atoms with van der Waals surface area (Å²) in [5, 5.41) is 2.63. The van der Waals surface area contributed by atoms with Gasteiger partial charge in [0.05, 0.1) is 16.9 Å². The minimum absolute atomic E-state index is 0.450. The van der Waals surface area contributed by atoms with Crippen molar-refractivity contribution >= 4 is 50.8 Å². The van der Waals surface area contributed by atoms with E-state index in [9.17, 15) is 9.59 Å². The minimum Gasteiger partial charge on any atom is -0.370 e. The third kappa shape index (κ3) is 2.39. The summed E-state index contributed by atoms with van der Waals surface area (Å²) >= 11 is 5.48. The van der Waals surface area contributed by atoms with Gasteiger partial charge in [0.1, 0.15) is 0 Å². The lowest BCUT2D eigenvalue weighted by atomic mass is 10.1. The summed E-state index contributed by atoms with van der Waals surface area (Å²) in [6.45, 7) is 2.00. The number of carbonyl (C=O) groups excluding carboxylic acids is 2. The number of benzene rings is 1. The highest BCUT2D eigenvalue weighted by molar-refractivity contribution is 9.10. The number of rotatable bonds is 1. The molecule has 0 bridgehead atoms. The zero-order valence-electron chi connectivity index (χ0n) is 10.2. The highest BCUT2D eigenvalue weighted by atomic mass is 79.9. The summed E-state index contributed by atoms with van der Waals surface area (Å²) in [5.41, 5.74) is 2.14. The number of hydrogen-bond donors (Lipinski definition) is 1. The average Bonchev–Trinajstić information content (AvgIpc) is 2.63. The van der Waals surface area contributed by atoms with Gasteiger partial charge in [0.15, 0.2) is 0 Å². The minimum atomic E-state index is -0.537. The molecule has 1 aromatic rings. The van der Waals surface area contributed by atoms with E-state index < -0.39 is 11.7 Å². The van der Waals surface area contributed by atoms with E-state index in [-0.39, 0.29) is 0 Å². The number of nitrogens with one attached hydrogen (secondary N) is 1. The normalized spacial score (nSPS) is 19.1. The third-order valence-corrected chi connectivity index (χ3v) is 5.03. The van der Waals surface area contributed by atoms with E-state index in [4.69, 9.17) is 0 Å². The molecule has 0 aromatic heterocycles. The molecular weight excluding hydrogens is 328 g/mol. The van der Waals surface area contributed by atoms with E-state index in [0.717, 1.165) is 35.4 Å². The molecule has 4 nitrogen and oxygen atoms in total. The lowest BCUT2D eigenvalue weighted by Crippen LogP contribution is -2.25. The predicted octanol–water partition coefficient (Wildman–Crippen LogP) is 2.53. The average molecular weight is 341 g/mol. The van der Waals surface area contributed by atoms with Crippen molar-refractivity contribution in [3.63, 3.8) is 0 Å². The van der Waals surface area contributed by atoms with Gasteiger partial charge in [0.25, 0.3) is 11.7 Å². The van der Waals surface area contributed by atoms with Crippen molar-refractivity contribution in [3.8, 4) is 0 Å². The lowest BCUT2D eigenvalue weighted by Gasteiger charge is -2.24. The van der Waals surface area contributed by atoms with Crippen LogP contribution in [0.4, 0.5) is 11.4 Å². The third-order valence-electron chi connectivity index (χ3n) is 3.35. The van der Waals surface area contributed by atoms with Crippen LogP contribution >= 0.6 is 27.7 Å². The number of halogens is 1. The standard InChI is InChI=1S/C13H13BrN2O2S/c14-9-6-8-10(15-13(18)12(8)17)7-11(9)16-2-1-4-19-5-3-16/h6-7H,1-5H2,(H,15,17,18). The summed E-state index contributed by atoms with van der Waals surface area (Å²) in [7, 11) is 0. The summed E-state index contributed by atoms with van der Waals surface area (Å²) in [6.07, 6.45) is 1.15. The number of fused-ring (bicyclic) bond motifs is 1. The summed E-state index contributed by atoms with van der Waals surface area (Å²) in [6, 6.07) is 3.65. The molecule has 0 saturated carbocycles. The molecule has 2 aliphatic rings. The summed E-state index contributed by atoms with van der Waals surface area (Å²) in [5.74, 6) is 1.31. The number of amides is 1. The number of carbonyl (C=O) groups is 2. The van der Waals surface area contributed by atoms with Crippen LogP contribution in [-0.2, 0) is 4.79 Å². The van der Waals surface area contributed by atoms with Crippen LogP contribution < -0.4 is 10.2 Å². The molecule has 1 saturated heterocycles. The van der Waals surface area contributed by atoms with Crippen LogP contribution in [0.3, 0.4) is 0 Å². The first-order valence-electron chi connectivity index (χ1n) is 6.19. The van der Waals surface area contributed by atoms with E-state index in [0.29, 0.717) is 11.3 Å². The molecule has 19 heavy (non-hydrogen) atoms. The van der Waals surface area contributed by atoms with E-state index in [1.807, 2.05) is 17.8 Å². The van der Waals surface area contributed by atoms with Gasteiger partial charge in [-0.25, -0.2) is 0 Å². The van der Waals surface area contributed by atoms with Crippen molar-refractivity contribution in [2.24, 2.45) is 0 Å². The van der Waals surface area contributed by atoms with Crippen molar-refractivity contribution in [1.29, 1.82) is 0 Å².